The molecule has 0 aromatic carbocycles. The lowest BCUT2D eigenvalue weighted by Gasteiger charge is -1.99. The van der Waals surface area contributed by atoms with Gasteiger partial charge in [-0.15, -0.1) is 0 Å². The van der Waals surface area contributed by atoms with E-state index in [4.69, 9.17) is 5.11 Å². The Morgan fingerprint density at radius 1 is 1.44 bits per heavy atom. The molecular formula is C6H8N2O. The van der Waals surface area contributed by atoms with Gasteiger partial charge in [0.25, 0.3) is 0 Å². The Hall–Kier alpha value is -0.960. The third-order valence-electron chi connectivity index (χ3n) is 1.06. The largest absolute Gasteiger partial charge is 0.389 e. The zero-order valence-electron chi connectivity index (χ0n) is 5.15. The van der Waals surface area contributed by atoms with Crippen molar-refractivity contribution in [3.63, 3.8) is 0 Å². The zero-order valence-corrected chi connectivity index (χ0v) is 5.15. The topological polar surface area (TPSA) is 46.0 Å². The van der Waals surface area contributed by atoms with E-state index in [-0.39, 0.29) is 0 Å². The van der Waals surface area contributed by atoms with Gasteiger partial charge in [0.1, 0.15) is 6.33 Å². The summed E-state index contributed by atoms with van der Waals surface area (Å²) in [5.74, 6) is 0. The predicted molar refractivity (Wildman–Crippen MR) is 32.7 cm³/mol. The summed E-state index contributed by atoms with van der Waals surface area (Å²) in [7, 11) is 0. The van der Waals surface area contributed by atoms with Gasteiger partial charge in [-0.25, -0.2) is 9.97 Å². The first-order valence-corrected chi connectivity index (χ1v) is 2.73. The molecule has 0 fully saturated rings. The van der Waals surface area contributed by atoms with Crippen molar-refractivity contribution < 1.29 is 5.11 Å². The molecule has 3 nitrogen and oxygen atoms in total. The number of rotatable bonds is 1. The molecule has 0 aliphatic rings. The molecule has 1 aromatic rings. The maximum atomic E-state index is 8.94. The van der Waals surface area contributed by atoms with Crippen molar-refractivity contribution in [3.05, 3.63) is 24.3 Å². The second kappa shape index (κ2) is 2.55. The highest BCUT2D eigenvalue weighted by Gasteiger charge is 1.97. The molecule has 1 N–H and O–H groups in total. The van der Waals surface area contributed by atoms with E-state index in [9.17, 15) is 0 Å². The number of aromatic nitrogens is 2. The summed E-state index contributed by atoms with van der Waals surface area (Å²) in [6.07, 6.45) is 4.16. The van der Waals surface area contributed by atoms with E-state index in [1.54, 1.807) is 19.3 Å². The lowest BCUT2D eigenvalue weighted by atomic mass is 10.2. The van der Waals surface area contributed by atoms with Crippen LogP contribution in [-0.2, 0) is 0 Å². The minimum Gasteiger partial charge on any atom is -0.389 e. The molecule has 0 spiro atoms. The van der Waals surface area contributed by atoms with E-state index < -0.39 is 6.10 Å². The molecule has 0 bridgehead atoms. The van der Waals surface area contributed by atoms with Crippen LogP contribution in [0.3, 0.4) is 0 Å². The van der Waals surface area contributed by atoms with Crippen LogP contribution in [0, 0.1) is 0 Å². The number of aliphatic hydroxyl groups is 1. The molecule has 9 heavy (non-hydrogen) atoms. The third-order valence-corrected chi connectivity index (χ3v) is 1.06. The van der Waals surface area contributed by atoms with Gasteiger partial charge >= 0.3 is 0 Å². The molecule has 0 saturated carbocycles. The fourth-order valence-corrected chi connectivity index (χ4v) is 0.526. The monoisotopic (exact) mass is 124 g/mol. The lowest BCUT2D eigenvalue weighted by molar-refractivity contribution is 0.198. The minimum absolute atomic E-state index is 0.466. The fraction of sp³-hybridized carbons (Fsp3) is 0.333. The van der Waals surface area contributed by atoms with Crippen molar-refractivity contribution in [2.24, 2.45) is 0 Å². The Kier molecular flexibility index (Phi) is 1.75. The molecule has 1 aromatic heterocycles. The van der Waals surface area contributed by atoms with Crippen LogP contribution in [0.1, 0.15) is 18.6 Å². The molecule has 0 saturated heterocycles. The Balaban J connectivity index is 2.85. The highest BCUT2D eigenvalue weighted by Crippen LogP contribution is 2.05. The van der Waals surface area contributed by atoms with Crippen molar-refractivity contribution in [1.29, 1.82) is 0 Å². The fourth-order valence-electron chi connectivity index (χ4n) is 0.526. The van der Waals surface area contributed by atoms with E-state index in [0.717, 1.165) is 5.56 Å². The number of aliphatic hydroxyl groups excluding tert-OH is 1. The molecule has 0 unspecified atom stereocenters. The van der Waals surface area contributed by atoms with Gasteiger partial charge < -0.3 is 5.11 Å². The van der Waals surface area contributed by atoms with Crippen molar-refractivity contribution in [3.8, 4) is 0 Å². The summed E-state index contributed by atoms with van der Waals surface area (Å²) in [4.78, 5) is 7.47. The van der Waals surface area contributed by atoms with Crippen LogP contribution in [0.2, 0.25) is 0 Å². The van der Waals surface area contributed by atoms with E-state index in [0.29, 0.717) is 0 Å². The summed E-state index contributed by atoms with van der Waals surface area (Å²) in [6, 6.07) is 0. The van der Waals surface area contributed by atoms with Crippen LogP contribution in [0.25, 0.3) is 0 Å². The Labute approximate surface area is 53.4 Å². The van der Waals surface area contributed by atoms with E-state index >= 15 is 0 Å². The third kappa shape index (κ3) is 1.47. The second-order valence-electron chi connectivity index (χ2n) is 1.85. The quantitative estimate of drug-likeness (QED) is 0.594. The molecule has 0 aliphatic heterocycles. The van der Waals surface area contributed by atoms with Crippen LogP contribution >= 0.6 is 0 Å². The summed E-state index contributed by atoms with van der Waals surface area (Å²) in [5, 5.41) is 8.94. The van der Waals surface area contributed by atoms with Crippen LogP contribution < -0.4 is 0 Å². The summed E-state index contributed by atoms with van der Waals surface area (Å²) < 4.78 is 0. The van der Waals surface area contributed by atoms with Crippen LogP contribution in [-0.4, -0.2) is 15.1 Å². The summed E-state index contributed by atoms with van der Waals surface area (Å²) >= 11 is 0. The first kappa shape index (κ1) is 6.16. The van der Waals surface area contributed by atoms with Gasteiger partial charge in [-0.2, -0.15) is 0 Å². The zero-order chi connectivity index (χ0) is 6.69. The molecular weight excluding hydrogens is 116 g/mol. The van der Waals surface area contributed by atoms with E-state index in [1.807, 2.05) is 0 Å². The van der Waals surface area contributed by atoms with Crippen molar-refractivity contribution >= 4 is 0 Å². The van der Waals surface area contributed by atoms with E-state index in [1.165, 1.54) is 6.33 Å². The predicted octanol–water partition coefficient (Wildman–Crippen LogP) is 0.530. The first-order chi connectivity index (χ1) is 4.30. The average molecular weight is 124 g/mol. The maximum Gasteiger partial charge on any atom is 0.115 e. The van der Waals surface area contributed by atoms with Gasteiger partial charge in [0.15, 0.2) is 0 Å². The smallest absolute Gasteiger partial charge is 0.115 e. The highest BCUT2D eigenvalue weighted by atomic mass is 16.3. The molecule has 3 heteroatoms. The number of hydrogen-bond donors (Lipinski definition) is 1. The van der Waals surface area contributed by atoms with E-state index in [2.05, 4.69) is 9.97 Å². The van der Waals surface area contributed by atoms with Gasteiger partial charge in [0, 0.05) is 18.0 Å². The Morgan fingerprint density at radius 2 is 2.00 bits per heavy atom. The Bertz CT molecular complexity index is 174. The first-order valence-electron chi connectivity index (χ1n) is 2.73. The van der Waals surface area contributed by atoms with Crippen LogP contribution in [0.15, 0.2) is 18.7 Å². The second-order valence-corrected chi connectivity index (χ2v) is 1.85. The highest BCUT2D eigenvalue weighted by molar-refractivity contribution is 5.04. The minimum atomic E-state index is -0.466. The van der Waals surface area contributed by atoms with Gasteiger partial charge in [-0.05, 0) is 6.92 Å². The molecule has 0 radical (unpaired) electrons. The van der Waals surface area contributed by atoms with Gasteiger partial charge in [0.05, 0.1) is 6.10 Å². The van der Waals surface area contributed by atoms with Crippen molar-refractivity contribution in [2.45, 2.75) is 13.0 Å². The van der Waals surface area contributed by atoms with Gasteiger partial charge in [-0.3, -0.25) is 0 Å². The summed E-state index contributed by atoms with van der Waals surface area (Å²) in [5.41, 5.74) is 0.748. The maximum absolute atomic E-state index is 8.94. The summed E-state index contributed by atoms with van der Waals surface area (Å²) in [6.45, 7) is 1.68. The molecule has 1 heterocycles. The molecule has 48 valence electrons. The van der Waals surface area contributed by atoms with Gasteiger partial charge in [-0.1, -0.05) is 0 Å². The number of hydrogen-bond acceptors (Lipinski definition) is 3. The van der Waals surface area contributed by atoms with Crippen LogP contribution in [0.5, 0.6) is 0 Å². The van der Waals surface area contributed by atoms with Crippen molar-refractivity contribution in [2.75, 3.05) is 0 Å². The number of nitrogens with zero attached hydrogens (tertiary/aromatic N) is 2. The van der Waals surface area contributed by atoms with Gasteiger partial charge in [0.2, 0.25) is 0 Å². The molecule has 1 rings (SSSR count). The molecule has 1 atom stereocenters. The molecule has 0 aliphatic carbocycles. The standard InChI is InChI=1S/C6H8N2O/c1-5(9)6-2-7-4-8-3-6/h2-5,9H,1H3/t5-/m1/s1. The van der Waals surface area contributed by atoms with Crippen molar-refractivity contribution in [1.82, 2.24) is 9.97 Å². The van der Waals surface area contributed by atoms with Crippen LogP contribution in [0.4, 0.5) is 0 Å². The molecule has 0 amide bonds. The lowest BCUT2D eigenvalue weighted by Crippen LogP contribution is -1.91. The SMILES string of the molecule is C[C@@H](O)c1cncnc1. The average Bonchev–Trinajstić information content (AvgIpc) is 1.90. The Morgan fingerprint density at radius 3 is 2.33 bits per heavy atom. The normalized spacial score (nSPS) is 13.1.